The van der Waals surface area contributed by atoms with Crippen molar-refractivity contribution in [2.24, 2.45) is 11.3 Å². The van der Waals surface area contributed by atoms with Gasteiger partial charge in [-0.2, -0.15) is 0 Å². The van der Waals surface area contributed by atoms with Crippen molar-refractivity contribution in [2.75, 3.05) is 36.0 Å². The summed E-state index contributed by atoms with van der Waals surface area (Å²) in [5, 5.41) is 0. The Morgan fingerprint density at radius 2 is 1.67 bits per heavy atom. The number of piperidine rings is 1. The van der Waals surface area contributed by atoms with Gasteiger partial charge in [0.15, 0.2) is 11.6 Å². The van der Waals surface area contributed by atoms with Crippen LogP contribution in [-0.4, -0.2) is 47.0 Å². The fourth-order valence-electron chi connectivity index (χ4n) is 6.93. The van der Waals surface area contributed by atoms with Crippen LogP contribution < -0.4 is 9.80 Å². The van der Waals surface area contributed by atoms with Crippen LogP contribution in [-0.2, 0) is 11.3 Å². The summed E-state index contributed by atoms with van der Waals surface area (Å²) in [6.45, 7) is 13.5. The third kappa shape index (κ3) is 6.65. The molecular weight excluding hydrogens is 551 g/mol. The molecule has 2 fully saturated rings. The third-order valence-electron chi connectivity index (χ3n) is 9.28. The van der Waals surface area contributed by atoms with E-state index in [0.29, 0.717) is 79.6 Å². The number of benzene rings is 2. The molecule has 2 aromatic carbocycles. The molecule has 1 aromatic heterocycles. The van der Waals surface area contributed by atoms with E-state index in [4.69, 9.17) is 4.98 Å². The molecule has 2 saturated heterocycles. The molecule has 3 heterocycles. The van der Waals surface area contributed by atoms with Gasteiger partial charge in [-0.05, 0) is 74.1 Å². The quantitative estimate of drug-likeness (QED) is 0.271. The SMILES string of the molecule is CCCC(=O)N(CCC)Cc1nc2cc([C@H]3CCCN3c3cc(F)c(N4CCC(C(C)(C)C)CC4)c(F)c3)c(F)cc2[nH]1. The molecule has 3 aromatic rings. The highest BCUT2D eigenvalue weighted by molar-refractivity contribution is 5.78. The maximum Gasteiger partial charge on any atom is 0.222 e. The molecule has 0 spiro atoms. The molecule has 9 heteroatoms. The van der Waals surface area contributed by atoms with E-state index in [0.717, 1.165) is 32.1 Å². The van der Waals surface area contributed by atoms with Crippen LogP contribution in [0.15, 0.2) is 24.3 Å². The second-order valence-electron chi connectivity index (χ2n) is 13.4. The summed E-state index contributed by atoms with van der Waals surface area (Å²) < 4.78 is 46.6. The average Bonchev–Trinajstić information content (AvgIpc) is 3.58. The lowest BCUT2D eigenvalue weighted by Crippen LogP contribution is -2.39. The van der Waals surface area contributed by atoms with Gasteiger partial charge in [-0.3, -0.25) is 4.79 Å². The Balaban J connectivity index is 1.37. The van der Waals surface area contributed by atoms with Gasteiger partial charge in [0, 0.05) is 43.9 Å². The molecule has 6 nitrogen and oxygen atoms in total. The Bertz CT molecular complexity index is 1420. The zero-order chi connectivity index (χ0) is 30.9. The summed E-state index contributed by atoms with van der Waals surface area (Å²) in [5.41, 5.74) is 2.29. The van der Waals surface area contributed by atoms with E-state index in [2.05, 4.69) is 25.8 Å². The molecular formula is C34H46F3N5O. The minimum atomic E-state index is -0.572. The minimum Gasteiger partial charge on any atom is -0.367 e. The molecule has 0 radical (unpaired) electrons. The lowest BCUT2D eigenvalue weighted by Gasteiger charge is -2.40. The number of anilines is 2. The van der Waals surface area contributed by atoms with E-state index in [1.165, 1.54) is 18.2 Å². The topological polar surface area (TPSA) is 55.5 Å². The molecule has 43 heavy (non-hydrogen) atoms. The smallest absolute Gasteiger partial charge is 0.222 e. The number of H-pyrrole nitrogens is 1. The van der Waals surface area contributed by atoms with Gasteiger partial charge in [0.25, 0.3) is 0 Å². The number of aromatic amines is 1. The van der Waals surface area contributed by atoms with E-state index in [1.54, 1.807) is 11.0 Å². The second kappa shape index (κ2) is 12.8. The number of fused-ring (bicyclic) bond motifs is 1. The van der Waals surface area contributed by atoms with Crippen LogP contribution in [0.25, 0.3) is 11.0 Å². The molecule has 0 saturated carbocycles. The fourth-order valence-corrected chi connectivity index (χ4v) is 6.93. The number of amides is 1. The average molecular weight is 598 g/mol. The highest BCUT2D eigenvalue weighted by Gasteiger charge is 2.33. The Hall–Kier alpha value is -3.23. The summed E-state index contributed by atoms with van der Waals surface area (Å²) in [6, 6.07) is 5.64. The number of nitrogens with one attached hydrogen (secondary N) is 1. The lowest BCUT2D eigenvalue weighted by atomic mass is 9.75. The first-order valence-electron chi connectivity index (χ1n) is 16.0. The number of imidazole rings is 1. The van der Waals surface area contributed by atoms with Gasteiger partial charge in [0.1, 0.15) is 17.3 Å². The highest BCUT2D eigenvalue weighted by atomic mass is 19.1. The first-order valence-corrected chi connectivity index (χ1v) is 16.0. The summed E-state index contributed by atoms with van der Waals surface area (Å²) in [4.78, 5) is 26.0. The molecule has 0 bridgehead atoms. The first-order chi connectivity index (χ1) is 20.5. The van der Waals surface area contributed by atoms with Crippen LogP contribution in [0.5, 0.6) is 0 Å². The van der Waals surface area contributed by atoms with Crippen molar-refractivity contribution < 1.29 is 18.0 Å². The van der Waals surface area contributed by atoms with Gasteiger partial charge in [-0.25, -0.2) is 18.2 Å². The maximum atomic E-state index is 15.6. The van der Waals surface area contributed by atoms with E-state index >= 15 is 13.2 Å². The standard InChI is InChI=1S/C34H46F3N5O/c1-6-9-32(43)41(13-7-2)21-31-38-28-19-24(25(35)20-29(28)39-31)30-10-8-14-42(30)23-17-26(36)33(27(37)18-23)40-15-11-22(12-16-40)34(3,4)5/h17-20,22,30H,6-16,21H2,1-5H3,(H,38,39)/t30-/m1/s1. The van der Waals surface area contributed by atoms with Gasteiger partial charge < -0.3 is 19.7 Å². The van der Waals surface area contributed by atoms with Crippen LogP contribution in [0.3, 0.4) is 0 Å². The Labute approximate surface area is 253 Å². The summed E-state index contributed by atoms with van der Waals surface area (Å²) in [5.74, 6) is -0.311. The molecule has 2 aliphatic heterocycles. The normalized spacial score (nSPS) is 18.2. The van der Waals surface area contributed by atoms with Crippen molar-refractivity contribution in [1.29, 1.82) is 0 Å². The number of rotatable bonds is 9. The van der Waals surface area contributed by atoms with Gasteiger partial charge in [0.05, 0.1) is 23.6 Å². The molecule has 1 N–H and O–H groups in total. The van der Waals surface area contributed by atoms with Gasteiger partial charge >= 0.3 is 0 Å². The predicted molar refractivity (Wildman–Crippen MR) is 167 cm³/mol. The fraction of sp³-hybridized carbons (Fsp3) is 0.588. The minimum absolute atomic E-state index is 0.0399. The third-order valence-corrected chi connectivity index (χ3v) is 9.28. The Kier molecular flexibility index (Phi) is 9.28. The van der Waals surface area contributed by atoms with Crippen molar-refractivity contribution in [3.8, 4) is 0 Å². The van der Waals surface area contributed by atoms with Gasteiger partial charge in [0.2, 0.25) is 5.91 Å². The molecule has 0 aliphatic carbocycles. The maximum absolute atomic E-state index is 15.6. The van der Waals surface area contributed by atoms with Crippen LogP contribution in [0.2, 0.25) is 0 Å². The summed E-state index contributed by atoms with van der Waals surface area (Å²) in [7, 11) is 0. The molecule has 2 aliphatic rings. The molecule has 234 valence electrons. The van der Waals surface area contributed by atoms with Crippen molar-refractivity contribution in [1.82, 2.24) is 14.9 Å². The van der Waals surface area contributed by atoms with Gasteiger partial charge in [-0.1, -0.05) is 34.6 Å². The number of hydrogen-bond acceptors (Lipinski definition) is 4. The summed E-state index contributed by atoms with van der Waals surface area (Å²) >= 11 is 0. The number of carbonyl (C=O) groups is 1. The second-order valence-corrected chi connectivity index (χ2v) is 13.4. The largest absolute Gasteiger partial charge is 0.367 e. The molecule has 1 atom stereocenters. The Morgan fingerprint density at radius 1 is 0.977 bits per heavy atom. The van der Waals surface area contributed by atoms with Gasteiger partial charge in [-0.15, -0.1) is 0 Å². The Morgan fingerprint density at radius 3 is 2.30 bits per heavy atom. The predicted octanol–water partition coefficient (Wildman–Crippen LogP) is 8.12. The van der Waals surface area contributed by atoms with E-state index < -0.39 is 11.6 Å². The molecule has 5 rings (SSSR count). The van der Waals surface area contributed by atoms with E-state index in [9.17, 15) is 4.79 Å². The van der Waals surface area contributed by atoms with Crippen LogP contribution in [0, 0.1) is 28.8 Å². The molecule has 0 unspecified atom stereocenters. The van der Waals surface area contributed by atoms with Crippen molar-refractivity contribution >= 4 is 28.3 Å². The molecule has 1 amide bonds. The number of nitrogens with zero attached hydrogens (tertiary/aromatic N) is 4. The number of carbonyl (C=O) groups excluding carboxylic acids is 1. The highest BCUT2D eigenvalue weighted by Crippen LogP contribution is 2.41. The number of hydrogen-bond donors (Lipinski definition) is 1. The monoisotopic (exact) mass is 597 g/mol. The first kappa shape index (κ1) is 31.2. The van der Waals surface area contributed by atoms with Crippen LogP contribution in [0.1, 0.15) is 97.0 Å². The zero-order valence-electron chi connectivity index (χ0n) is 26.3. The zero-order valence-corrected chi connectivity index (χ0v) is 26.3. The van der Waals surface area contributed by atoms with E-state index in [1.807, 2.05) is 23.6 Å². The van der Waals surface area contributed by atoms with Crippen molar-refractivity contribution in [3.63, 3.8) is 0 Å². The van der Waals surface area contributed by atoms with Crippen LogP contribution >= 0.6 is 0 Å². The lowest BCUT2D eigenvalue weighted by molar-refractivity contribution is -0.132. The van der Waals surface area contributed by atoms with Crippen molar-refractivity contribution in [3.05, 3.63) is 53.1 Å². The van der Waals surface area contributed by atoms with Crippen LogP contribution in [0.4, 0.5) is 24.5 Å². The summed E-state index contributed by atoms with van der Waals surface area (Å²) in [6.07, 6.45) is 5.35. The van der Waals surface area contributed by atoms with E-state index in [-0.39, 0.29) is 28.9 Å². The number of aromatic nitrogens is 2. The number of halogens is 3. The van der Waals surface area contributed by atoms with Crippen molar-refractivity contribution in [2.45, 2.75) is 92.2 Å².